The first-order valence-corrected chi connectivity index (χ1v) is 9.07. The molecule has 0 aliphatic rings. The molecule has 0 aliphatic carbocycles. The molecule has 0 radical (unpaired) electrons. The summed E-state index contributed by atoms with van der Waals surface area (Å²) in [6.07, 6.45) is -0.578. The van der Waals surface area contributed by atoms with Gasteiger partial charge >= 0.3 is 0 Å². The van der Waals surface area contributed by atoms with Gasteiger partial charge in [0.2, 0.25) is 0 Å². The molecule has 0 spiro atoms. The molecule has 0 bridgehead atoms. The van der Waals surface area contributed by atoms with E-state index >= 15 is 0 Å². The van der Waals surface area contributed by atoms with Crippen LogP contribution in [0.3, 0.4) is 0 Å². The van der Waals surface area contributed by atoms with Crippen molar-refractivity contribution in [2.45, 2.75) is 39.2 Å². The maximum Gasteiger partial charge on any atom is 0.260 e. The number of hydrogen-bond acceptors (Lipinski definition) is 3. The fourth-order valence-electron chi connectivity index (χ4n) is 2.31. The standard InChI is InChI=1S/C21H26ClNO3/c1-15(26-19-9-5-16(6-10-19)21(2,3)4)20(24)23-13-14-25-18-11-7-17(22)8-12-18/h5-12,15H,13-14H2,1-4H3,(H,23,24)/t15-/m0/s1. The lowest BCUT2D eigenvalue weighted by molar-refractivity contribution is -0.127. The third-order valence-corrected chi connectivity index (χ3v) is 4.14. The molecule has 26 heavy (non-hydrogen) atoms. The number of ether oxygens (including phenoxy) is 2. The van der Waals surface area contributed by atoms with Gasteiger partial charge in [0.05, 0.1) is 6.54 Å². The number of carbonyl (C=O) groups excluding carboxylic acids is 1. The van der Waals surface area contributed by atoms with Crippen molar-refractivity contribution in [1.82, 2.24) is 5.32 Å². The summed E-state index contributed by atoms with van der Waals surface area (Å²) in [5.41, 5.74) is 1.31. The molecule has 0 heterocycles. The van der Waals surface area contributed by atoms with Gasteiger partial charge in [0, 0.05) is 5.02 Å². The van der Waals surface area contributed by atoms with Crippen molar-refractivity contribution in [3.05, 3.63) is 59.1 Å². The zero-order chi connectivity index (χ0) is 19.2. The fraction of sp³-hybridized carbons (Fsp3) is 0.381. The second kappa shape index (κ2) is 8.95. The summed E-state index contributed by atoms with van der Waals surface area (Å²) in [6, 6.07) is 14.9. The lowest BCUT2D eigenvalue weighted by Gasteiger charge is -2.20. The average Bonchev–Trinajstić information content (AvgIpc) is 2.59. The number of halogens is 1. The van der Waals surface area contributed by atoms with E-state index in [2.05, 4.69) is 26.1 Å². The highest BCUT2D eigenvalue weighted by atomic mass is 35.5. The summed E-state index contributed by atoms with van der Waals surface area (Å²) in [5, 5.41) is 3.46. The van der Waals surface area contributed by atoms with Crippen LogP contribution in [0.2, 0.25) is 5.02 Å². The Morgan fingerprint density at radius 3 is 2.19 bits per heavy atom. The van der Waals surface area contributed by atoms with E-state index in [4.69, 9.17) is 21.1 Å². The van der Waals surface area contributed by atoms with Crippen LogP contribution < -0.4 is 14.8 Å². The molecule has 4 nitrogen and oxygen atoms in total. The summed E-state index contributed by atoms with van der Waals surface area (Å²) in [5.74, 6) is 1.22. The van der Waals surface area contributed by atoms with Crippen LogP contribution in [0.1, 0.15) is 33.3 Å². The van der Waals surface area contributed by atoms with Gasteiger partial charge in [-0.3, -0.25) is 4.79 Å². The number of carbonyl (C=O) groups is 1. The molecule has 2 aromatic rings. The molecule has 0 unspecified atom stereocenters. The van der Waals surface area contributed by atoms with Crippen molar-refractivity contribution < 1.29 is 14.3 Å². The third-order valence-electron chi connectivity index (χ3n) is 3.89. The minimum atomic E-state index is -0.578. The highest BCUT2D eigenvalue weighted by molar-refractivity contribution is 6.30. The molecule has 1 amide bonds. The van der Waals surface area contributed by atoms with Gasteiger partial charge in [-0.15, -0.1) is 0 Å². The van der Waals surface area contributed by atoms with E-state index in [9.17, 15) is 4.79 Å². The Bertz CT molecular complexity index is 706. The molecule has 2 aromatic carbocycles. The predicted octanol–water partition coefficient (Wildman–Crippen LogP) is 4.60. The lowest BCUT2D eigenvalue weighted by Crippen LogP contribution is -2.38. The first-order chi connectivity index (χ1) is 12.3. The second-order valence-electron chi connectivity index (χ2n) is 7.13. The van der Waals surface area contributed by atoms with Gasteiger partial charge in [-0.1, -0.05) is 44.5 Å². The molecule has 140 valence electrons. The summed E-state index contributed by atoms with van der Waals surface area (Å²) in [7, 11) is 0. The molecule has 0 aliphatic heterocycles. The van der Waals surface area contributed by atoms with E-state index in [1.807, 2.05) is 24.3 Å². The van der Waals surface area contributed by atoms with Crippen LogP contribution >= 0.6 is 11.6 Å². The quantitative estimate of drug-likeness (QED) is 0.719. The maximum absolute atomic E-state index is 12.1. The highest BCUT2D eigenvalue weighted by Gasteiger charge is 2.16. The van der Waals surface area contributed by atoms with E-state index in [0.29, 0.717) is 29.7 Å². The van der Waals surface area contributed by atoms with Crippen LogP contribution in [-0.4, -0.2) is 25.2 Å². The monoisotopic (exact) mass is 375 g/mol. The summed E-state index contributed by atoms with van der Waals surface area (Å²) in [6.45, 7) is 8.98. The molecule has 2 rings (SSSR count). The minimum Gasteiger partial charge on any atom is -0.492 e. The van der Waals surface area contributed by atoms with Gasteiger partial charge in [-0.05, 0) is 54.3 Å². The Labute approximate surface area is 160 Å². The maximum atomic E-state index is 12.1. The first kappa shape index (κ1) is 20.1. The van der Waals surface area contributed by atoms with Crippen molar-refractivity contribution in [2.75, 3.05) is 13.2 Å². The van der Waals surface area contributed by atoms with Crippen molar-refractivity contribution in [3.63, 3.8) is 0 Å². The van der Waals surface area contributed by atoms with Gasteiger partial charge in [-0.2, -0.15) is 0 Å². The summed E-state index contributed by atoms with van der Waals surface area (Å²) >= 11 is 5.82. The van der Waals surface area contributed by atoms with E-state index in [1.54, 1.807) is 31.2 Å². The van der Waals surface area contributed by atoms with Crippen molar-refractivity contribution in [2.24, 2.45) is 0 Å². The largest absolute Gasteiger partial charge is 0.492 e. The molecular weight excluding hydrogens is 350 g/mol. The fourth-order valence-corrected chi connectivity index (χ4v) is 2.43. The SMILES string of the molecule is C[C@H](Oc1ccc(C(C)(C)C)cc1)C(=O)NCCOc1ccc(Cl)cc1. The number of nitrogens with one attached hydrogen (secondary N) is 1. The van der Waals surface area contributed by atoms with Crippen LogP contribution in [0.15, 0.2) is 48.5 Å². The van der Waals surface area contributed by atoms with Gasteiger partial charge < -0.3 is 14.8 Å². The lowest BCUT2D eigenvalue weighted by atomic mass is 9.87. The van der Waals surface area contributed by atoms with Gasteiger partial charge in [0.1, 0.15) is 18.1 Å². The Morgan fingerprint density at radius 1 is 1.04 bits per heavy atom. The second-order valence-corrected chi connectivity index (χ2v) is 7.56. The number of benzene rings is 2. The number of amides is 1. The van der Waals surface area contributed by atoms with Crippen LogP contribution in [0.4, 0.5) is 0 Å². The van der Waals surface area contributed by atoms with Crippen molar-refractivity contribution >= 4 is 17.5 Å². The molecule has 1 atom stereocenters. The van der Waals surface area contributed by atoms with Crippen LogP contribution in [-0.2, 0) is 10.2 Å². The zero-order valence-electron chi connectivity index (χ0n) is 15.7. The van der Waals surface area contributed by atoms with E-state index in [1.165, 1.54) is 5.56 Å². The Morgan fingerprint density at radius 2 is 1.62 bits per heavy atom. The van der Waals surface area contributed by atoms with Crippen molar-refractivity contribution in [3.8, 4) is 11.5 Å². The Hall–Kier alpha value is -2.20. The average molecular weight is 376 g/mol. The van der Waals surface area contributed by atoms with Crippen LogP contribution in [0.5, 0.6) is 11.5 Å². The van der Waals surface area contributed by atoms with Crippen LogP contribution in [0, 0.1) is 0 Å². The molecule has 0 saturated carbocycles. The Balaban J connectivity index is 1.74. The number of hydrogen-bond donors (Lipinski definition) is 1. The van der Waals surface area contributed by atoms with Gasteiger partial charge in [-0.25, -0.2) is 0 Å². The Kier molecular flexibility index (Phi) is 6.92. The number of rotatable bonds is 7. The summed E-state index contributed by atoms with van der Waals surface area (Å²) in [4.78, 5) is 12.1. The first-order valence-electron chi connectivity index (χ1n) is 8.69. The van der Waals surface area contributed by atoms with Gasteiger partial charge in [0.15, 0.2) is 6.10 Å². The van der Waals surface area contributed by atoms with Crippen LogP contribution in [0.25, 0.3) is 0 Å². The van der Waals surface area contributed by atoms with Crippen molar-refractivity contribution in [1.29, 1.82) is 0 Å². The third kappa shape index (κ3) is 6.26. The van der Waals surface area contributed by atoms with Gasteiger partial charge in [0.25, 0.3) is 5.91 Å². The molecular formula is C21H26ClNO3. The highest BCUT2D eigenvalue weighted by Crippen LogP contribution is 2.24. The molecule has 0 fully saturated rings. The topological polar surface area (TPSA) is 47.6 Å². The molecule has 0 aromatic heterocycles. The van der Waals surface area contributed by atoms with E-state index in [0.717, 1.165) is 0 Å². The zero-order valence-corrected chi connectivity index (χ0v) is 16.5. The molecule has 1 N–H and O–H groups in total. The predicted molar refractivity (Wildman–Crippen MR) is 105 cm³/mol. The molecule has 0 saturated heterocycles. The normalized spacial score (nSPS) is 12.3. The van der Waals surface area contributed by atoms with E-state index < -0.39 is 6.10 Å². The smallest absolute Gasteiger partial charge is 0.260 e. The summed E-state index contributed by atoms with van der Waals surface area (Å²) < 4.78 is 11.2. The molecule has 5 heteroatoms. The minimum absolute atomic E-state index is 0.0889. The van der Waals surface area contributed by atoms with E-state index in [-0.39, 0.29) is 11.3 Å².